The number of phenolic OH excluding ortho intramolecular Hbond substituents is 2. The first-order valence-corrected chi connectivity index (χ1v) is 4.87. The van der Waals surface area contributed by atoms with E-state index in [4.69, 9.17) is 10.2 Å². The fraction of sp³-hybridized carbons (Fsp3) is 0.333. The highest BCUT2D eigenvalue weighted by Gasteiger charge is 2.14. The van der Waals surface area contributed by atoms with Gasteiger partial charge in [0.1, 0.15) is 5.82 Å². The number of hydrogen-bond donors (Lipinski definition) is 3. The molecule has 5 heteroatoms. The van der Waals surface area contributed by atoms with Crippen molar-refractivity contribution in [2.75, 3.05) is 6.61 Å². The van der Waals surface area contributed by atoms with Crippen molar-refractivity contribution in [3.63, 3.8) is 0 Å². The largest absolute Gasteiger partial charge is 0.504 e. The van der Waals surface area contributed by atoms with E-state index < -0.39 is 11.6 Å². The highest BCUT2D eigenvalue weighted by atomic mass is 79.9. The van der Waals surface area contributed by atoms with Crippen LogP contribution in [0.25, 0.3) is 0 Å². The molecule has 0 radical (unpaired) electrons. The normalized spacial score (nSPS) is 10.5. The monoisotopic (exact) mass is 264 g/mol. The summed E-state index contributed by atoms with van der Waals surface area (Å²) in [7, 11) is 0. The van der Waals surface area contributed by atoms with Gasteiger partial charge in [-0.2, -0.15) is 0 Å². The maximum absolute atomic E-state index is 13.2. The molecule has 0 fully saturated rings. The van der Waals surface area contributed by atoms with Gasteiger partial charge < -0.3 is 15.3 Å². The number of halogens is 2. The molecule has 0 saturated carbocycles. The van der Waals surface area contributed by atoms with Crippen molar-refractivity contribution >= 4 is 15.9 Å². The van der Waals surface area contributed by atoms with E-state index in [9.17, 15) is 9.50 Å². The van der Waals surface area contributed by atoms with Gasteiger partial charge >= 0.3 is 0 Å². The third kappa shape index (κ3) is 2.16. The first-order valence-electron chi connectivity index (χ1n) is 4.07. The zero-order valence-corrected chi connectivity index (χ0v) is 8.88. The van der Waals surface area contributed by atoms with Crippen molar-refractivity contribution in [1.29, 1.82) is 0 Å². The number of benzene rings is 1. The minimum Gasteiger partial charge on any atom is -0.504 e. The van der Waals surface area contributed by atoms with Gasteiger partial charge in [-0.3, -0.25) is 0 Å². The van der Waals surface area contributed by atoms with Crippen LogP contribution in [0, 0.1) is 5.82 Å². The van der Waals surface area contributed by atoms with Crippen molar-refractivity contribution in [2.45, 2.75) is 12.8 Å². The molecular formula is C9H10BrFO3. The topological polar surface area (TPSA) is 60.7 Å². The molecule has 0 saturated heterocycles. The molecule has 3 N–H and O–H groups in total. The third-order valence-corrected chi connectivity index (χ3v) is 2.71. The van der Waals surface area contributed by atoms with E-state index in [2.05, 4.69) is 15.9 Å². The smallest absolute Gasteiger partial charge is 0.172 e. The van der Waals surface area contributed by atoms with Crippen molar-refractivity contribution in [3.05, 3.63) is 21.9 Å². The molecule has 0 atom stereocenters. The lowest BCUT2D eigenvalue weighted by atomic mass is 10.1. The van der Waals surface area contributed by atoms with Gasteiger partial charge in [0.25, 0.3) is 0 Å². The maximum atomic E-state index is 13.2. The van der Waals surface area contributed by atoms with Crippen LogP contribution in [-0.4, -0.2) is 21.9 Å². The van der Waals surface area contributed by atoms with Gasteiger partial charge in [-0.15, -0.1) is 0 Å². The van der Waals surface area contributed by atoms with Crippen LogP contribution in [0.2, 0.25) is 0 Å². The molecule has 0 bridgehead atoms. The Morgan fingerprint density at radius 2 is 2.00 bits per heavy atom. The summed E-state index contributed by atoms with van der Waals surface area (Å²) < 4.78 is 13.4. The number of aromatic hydroxyl groups is 2. The lowest BCUT2D eigenvalue weighted by molar-refractivity contribution is 0.287. The standard InChI is InChI=1S/C9H10BrFO3/c10-8-5(2-1-3-12)6(11)4-7(13)9(8)14/h4,12-14H,1-3H2. The number of rotatable bonds is 3. The summed E-state index contributed by atoms with van der Waals surface area (Å²) in [6.45, 7) is -0.0481. The summed E-state index contributed by atoms with van der Waals surface area (Å²) in [5, 5.41) is 26.9. The van der Waals surface area contributed by atoms with Crippen LogP contribution in [0.3, 0.4) is 0 Å². The Balaban J connectivity index is 3.09. The van der Waals surface area contributed by atoms with Crippen LogP contribution in [0.15, 0.2) is 10.5 Å². The summed E-state index contributed by atoms with van der Waals surface area (Å²) in [6.07, 6.45) is 0.705. The number of phenols is 2. The number of aliphatic hydroxyl groups excluding tert-OH is 1. The van der Waals surface area contributed by atoms with Crippen molar-refractivity contribution in [3.8, 4) is 11.5 Å². The molecule has 3 nitrogen and oxygen atoms in total. The highest BCUT2D eigenvalue weighted by molar-refractivity contribution is 9.10. The van der Waals surface area contributed by atoms with E-state index in [0.29, 0.717) is 12.8 Å². The fourth-order valence-electron chi connectivity index (χ4n) is 1.12. The molecule has 0 aliphatic carbocycles. The molecule has 78 valence electrons. The van der Waals surface area contributed by atoms with Gasteiger partial charge in [-0.25, -0.2) is 4.39 Å². The second kappa shape index (κ2) is 4.61. The van der Waals surface area contributed by atoms with Crippen LogP contribution >= 0.6 is 15.9 Å². The van der Waals surface area contributed by atoms with E-state index in [-0.39, 0.29) is 22.4 Å². The molecule has 0 spiro atoms. The Labute approximate surface area is 88.9 Å². The summed E-state index contributed by atoms with van der Waals surface area (Å²) in [4.78, 5) is 0. The molecule has 14 heavy (non-hydrogen) atoms. The zero-order valence-electron chi connectivity index (χ0n) is 7.30. The number of hydrogen-bond acceptors (Lipinski definition) is 3. The average molecular weight is 265 g/mol. The summed E-state index contributed by atoms with van der Waals surface area (Å²) >= 11 is 2.98. The first kappa shape index (κ1) is 11.3. The van der Waals surface area contributed by atoms with Crippen LogP contribution in [0.4, 0.5) is 4.39 Å². The van der Waals surface area contributed by atoms with Gasteiger partial charge in [0.2, 0.25) is 0 Å². The Bertz CT molecular complexity index is 341. The van der Waals surface area contributed by atoms with Gasteiger partial charge in [-0.05, 0) is 28.8 Å². The quantitative estimate of drug-likeness (QED) is 0.732. The highest BCUT2D eigenvalue weighted by Crippen LogP contribution is 2.37. The second-order valence-corrected chi connectivity index (χ2v) is 3.64. The van der Waals surface area contributed by atoms with Gasteiger partial charge in [0, 0.05) is 18.2 Å². The molecule has 0 aliphatic heterocycles. The molecule has 1 rings (SSSR count). The molecule has 0 unspecified atom stereocenters. The van der Waals surface area contributed by atoms with E-state index in [1.54, 1.807) is 0 Å². The Hall–Kier alpha value is -0.810. The van der Waals surface area contributed by atoms with E-state index >= 15 is 0 Å². The third-order valence-electron chi connectivity index (χ3n) is 1.85. The van der Waals surface area contributed by atoms with E-state index in [1.165, 1.54) is 0 Å². The van der Waals surface area contributed by atoms with Gasteiger partial charge in [-0.1, -0.05) is 0 Å². The van der Waals surface area contributed by atoms with Crippen LogP contribution in [0.5, 0.6) is 11.5 Å². The van der Waals surface area contributed by atoms with Crippen molar-refractivity contribution in [1.82, 2.24) is 0 Å². The first-order chi connectivity index (χ1) is 6.57. The van der Waals surface area contributed by atoms with Gasteiger partial charge in [0.05, 0.1) is 4.47 Å². The van der Waals surface area contributed by atoms with E-state index in [1.807, 2.05) is 0 Å². The van der Waals surface area contributed by atoms with E-state index in [0.717, 1.165) is 6.07 Å². The summed E-state index contributed by atoms with van der Waals surface area (Å²) in [6, 6.07) is 0.854. The molecule has 1 aromatic rings. The molecule has 0 heterocycles. The Kier molecular flexibility index (Phi) is 3.71. The SMILES string of the molecule is OCCCc1c(F)cc(O)c(O)c1Br. The van der Waals surface area contributed by atoms with Crippen molar-refractivity contribution in [2.24, 2.45) is 0 Å². The molecule has 0 amide bonds. The summed E-state index contributed by atoms with van der Waals surface area (Å²) in [5.41, 5.74) is 0.259. The number of aliphatic hydroxyl groups is 1. The Morgan fingerprint density at radius 1 is 1.36 bits per heavy atom. The van der Waals surface area contributed by atoms with Gasteiger partial charge in [0.15, 0.2) is 11.5 Å². The summed E-state index contributed by atoms with van der Waals surface area (Å²) in [5.74, 6) is -1.47. The molecular weight excluding hydrogens is 255 g/mol. The predicted molar refractivity (Wildman–Crippen MR) is 52.8 cm³/mol. The molecule has 0 aromatic heterocycles. The minimum absolute atomic E-state index is 0.0481. The van der Waals surface area contributed by atoms with Crippen LogP contribution in [0.1, 0.15) is 12.0 Å². The second-order valence-electron chi connectivity index (χ2n) is 2.85. The van der Waals surface area contributed by atoms with Crippen LogP contribution in [-0.2, 0) is 6.42 Å². The molecule has 1 aromatic carbocycles. The average Bonchev–Trinajstić information content (AvgIpc) is 2.14. The van der Waals surface area contributed by atoms with Crippen LogP contribution < -0.4 is 0 Å². The lowest BCUT2D eigenvalue weighted by Gasteiger charge is -2.08. The maximum Gasteiger partial charge on any atom is 0.172 e. The molecule has 0 aliphatic rings. The fourth-order valence-corrected chi connectivity index (χ4v) is 1.71. The van der Waals surface area contributed by atoms with Crippen molar-refractivity contribution < 1.29 is 19.7 Å². The predicted octanol–water partition coefficient (Wildman–Crippen LogP) is 1.92. The Morgan fingerprint density at radius 3 is 2.57 bits per heavy atom. The minimum atomic E-state index is -0.597. The lowest BCUT2D eigenvalue weighted by Crippen LogP contribution is -1.95. The zero-order chi connectivity index (χ0) is 10.7.